The van der Waals surface area contributed by atoms with Crippen molar-refractivity contribution in [2.45, 2.75) is 39.5 Å². The van der Waals surface area contributed by atoms with E-state index in [1.54, 1.807) is 0 Å². The standard InChI is InChI=1S/C9H21N3.C4H10/c1-10-6-7-12-8-9-2-4-11-5-3-9;1-3-4-2/h9-12H,2-8H2,1H3;3-4H2,1-2H3. The third-order valence-corrected chi connectivity index (χ3v) is 2.94. The van der Waals surface area contributed by atoms with Crippen LogP contribution in [0.2, 0.25) is 0 Å². The predicted molar refractivity (Wildman–Crippen MR) is 73.0 cm³/mol. The zero-order valence-corrected chi connectivity index (χ0v) is 11.4. The molecule has 0 spiro atoms. The van der Waals surface area contributed by atoms with Gasteiger partial charge in [-0.3, -0.25) is 0 Å². The molecule has 1 heterocycles. The molecule has 0 aromatic carbocycles. The SMILES string of the molecule is CCCC.CNCCNCC1CCNCC1. The smallest absolute Gasteiger partial charge is 0.00767 e. The molecule has 16 heavy (non-hydrogen) atoms. The molecule has 1 fully saturated rings. The fourth-order valence-corrected chi connectivity index (χ4v) is 1.61. The van der Waals surface area contributed by atoms with Crippen molar-refractivity contribution in [3.63, 3.8) is 0 Å². The molecule has 0 atom stereocenters. The van der Waals surface area contributed by atoms with Crippen LogP contribution in [0.5, 0.6) is 0 Å². The summed E-state index contributed by atoms with van der Waals surface area (Å²) in [5.74, 6) is 0.906. The fraction of sp³-hybridized carbons (Fsp3) is 1.00. The molecular formula is C13H31N3. The van der Waals surface area contributed by atoms with Crippen molar-refractivity contribution in [2.24, 2.45) is 5.92 Å². The Labute approximate surface area is 102 Å². The van der Waals surface area contributed by atoms with Crippen LogP contribution in [0.15, 0.2) is 0 Å². The number of hydrogen-bond acceptors (Lipinski definition) is 3. The highest BCUT2D eigenvalue weighted by Crippen LogP contribution is 2.09. The highest BCUT2D eigenvalue weighted by Gasteiger charge is 2.11. The average Bonchev–Trinajstić information content (AvgIpc) is 2.36. The second-order valence-corrected chi connectivity index (χ2v) is 4.50. The Bertz CT molecular complexity index is 120. The lowest BCUT2D eigenvalue weighted by Gasteiger charge is -2.22. The average molecular weight is 229 g/mol. The minimum absolute atomic E-state index is 0.906. The van der Waals surface area contributed by atoms with E-state index in [9.17, 15) is 0 Å². The van der Waals surface area contributed by atoms with Crippen molar-refractivity contribution < 1.29 is 0 Å². The molecule has 0 amide bonds. The van der Waals surface area contributed by atoms with E-state index in [4.69, 9.17) is 0 Å². The van der Waals surface area contributed by atoms with Gasteiger partial charge in [-0.1, -0.05) is 26.7 Å². The van der Waals surface area contributed by atoms with Gasteiger partial charge in [-0.25, -0.2) is 0 Å². The molecule has 0 bridgehead atoms. The van der Waals surface area contributed by atoms with E-state index in [0.29, 0.717) is 0 Å². The monoisotopic (exact) mass is 229 g/mol. The summed E-state index contributed by atoms with van der Waals surface area (Å²) < 4.78 is 0. The molecule has 1 saturated heterocycles. The van der Waals surface area contributed by atoms with Crippen LogP contribution in [0.1, 0.15) is 39.5 Å². The Balaban J connectivity index is 0.000000487. The van der Waals surface area contributed by atoms with Gasteiger partial charge in [0.05, 0.1) is 0 Å². The Hall–Kier alpha value is -0.120. The maximum absolute atomic E-state index is 3.47. The molecule has 1 rings (SSSR count). The van der Waals surface area contributed by atoms with Crippen LogP contribution in [0, 0.1) is 5.92 Å². The maximum atomic E-state index is 3.47. The van der Waals surface area contributed by atoms with E-state index < -0.39 is 0 Å². The second-order valence-electron chi connectivity index (χ2n) is 4.50. The number of nitrogens with one attached hydrogen (secondary N) is 3. The molecule has 1 aliphatic heterocycles. The number of rotatable bonds is 6. The largest absolute Gasteiger partial charge is 0.318 e. The molecule has 3 N–H and O–H groups in total. The van der Waals surface area contributed by atoms with E-state index in [0.717, 1.165) is 19.0 Å². The van der Waals surface area contributed by atoms with Crippen molar-refractivity contribution in [3.05, 3.63) is 0 Å². The van der Waals surface area contributed by atoms with Gasteiger partial charge < -0.3 is 16.0 Å². The summed E-state index contributed by atoms with van der Waals surface area (Å²) in [4.78, 5) is 0. The van der Waals surface area contributed by atoms with Crippen LogP contribution < -0.4 is 16.0 Å². The maximum Gasteiger partial charge on any atom is 0.00767 e. The Morgan fingerprint density at radius 1 is 1.06 bits per heavy atom. The van der Waals surface area contributed by atoms with Gasteiger partial charge in [-0.2, -0.15) is 0 Å². The first-order chi connectivity index (χ1) is 7.85. The van der Waals surface area contributed by atoms with Crippen molar-refractivity contribution in [1.29, 1.82) is 0 Å². The third-order valence-electron chi connectivity index (χ3n) is 2.94. The lowest BCUT2D eigenvalue weighted by atomic mass is 9.98. The Morgan fingerprint density at radius 2 is 1.69 bits per heavy atom. The summed E-state index contributed by atoms with van der Waals surface area (Å²) >= 11 is 0. The molecule has 3 nitrogen and oxygen atoms in total. The van der Waals surface area contributed by atoms with E-state index in [1.165, 1.54) is 45.3 Å². The first-order valence-corrected chi connectivity index (χ1v) is 6.91. The minimum Gasteiger partial charge on any atom is -0.318 e. The summed E-state index contributed by atoms with van der Waals surface area (Å²) in [7, 11) is 1.99. The first-order valence-electron chi connectivity index (χ1n) is 6.91. The molecule has 3 heteroatoms. The van der Waals surface area contributed by atoms with Gasteiger partial charge in [0.1, 0.15) is 0 Å². The van der Waals surface area contributed by atoms with Crippen molar-refractivity contribution in [3.8, 4) is 0 Å². The van der Waals surface area contributed by atoms with Crippen LogP contribution in [0.4, 0.5) is 0 Å². The van der Waals surface area contributed by atoms with E-state index >= 15 is 0 Å². The zero-order chi connectivity index (χ0) is 12.1. The van der Waals surface area contributed by atoms with Crippen molar-refractivity contribution in [2.75, 3.05) is 39.8 Å². The van der Waals surface area contributed by atoms with E-state index in [1.807, 2.05) is 7.05 Å². The highest BCUT2D eigenvalue weighted by atomic mass is 14.9. The third kappa shape index (κ3) is 10.4. The Kier molecular flexibility index (Phi) is 12.9. The number of piperidine rings is 1. The summed E-state index contributed by atoms with van der Waals surface area (Å²) in [6.45, 7) is 10.1. The lowest BCUT2D eigenvalue weighted by Crippen LogP contribution is -2.35. The first kappa shape index (κ1) is 15.9. The van der Waals surface area contributed by atoms with Gasteiger partial charge in [-0.05, 0) is 45.4 Å². The molecule has 0 aliphatic carbocycles. The molecule has 98 valence electrons. The summed E-state index contributed by atoms with van der Waals surface area (Å²) in [6, 6.07) is 0. The molecule has 0 aromatic heterocycles. The normalized spacial score (nSPS) is 16.7. The molecule has 0 unspecified atom stereocenters. The highest BCUT2D eigenvalue weighted by molar-refractivity contribution is 4.70. The van der Waals surface area contributed by atoms with Crippen LogP contribution >= 0.6 is 0 Å². The van der Waals surface area contributed by atoms with Crippen LogP contribution in [0.3, 0.4) is 0 Å². The van der Waals surface area contributed by atoms with E-state index in [-0.39, 0.29) is 0 Å². The van der Waals surface area contributed by atoms with Gasteiger partial charge in [-0.15, -0.1) is 0 Å². The molecule has 0 aromatic rings. The number of hydrogen-bond donors (Lipinski definition) is 3. The van der Waals surface area contributed by atoms with Crippen molar-refractivity contribution >= 4 is 0 Å². The van der Waals surface area contributed by atoms with Gasteiger partial charge in [0, 0.05) is 13.1 Å². The lowest BCUT2D eigenvalue weighted by molar-refractivity contribution is 0.357. The van der Waals surface area contributed by atoms with Crippen LogP contribution in [-0.2, 0) is 0 Å². The Morgan fingerprint density at radius 3 is 2.19 bits per heavy atom. The minimum atomic E-state index is 0.906. The van der Waals surface area contributed by atoms with Crippen LogP contribution in [-0.4, -0.2) is 39.8 Å². The molecule has 0 saturated carbocycles. The predicted octanol–water partition coefficient (Wildman–Crippen LogP) is 1.60. The topological polar surface area (TPSA) is 36.1 Å². The van der Waals surface area contributed by atoms with Gasteiger partial charge in [0.25, 0.3) is 0 Å². The number of likely N-dealkylation sites (N-methyl/N-ethyl adjacent to an activating group) is 1. The number of unbranched alkanes of at least 4 members (excludes halogenated alkanes) is 1. The molecule has 1 aliphatic rings. The summed E-state index contributed by atoms with van der Waals surface area (Å²) in [5, 5.41) is 9.97. The van der Waals surface area contributed by atoms with E-state index in [2.05, 4.69) is 29.8 Å². The molecule has 0 radical (unpaired) electrons. The van der Waals surface area contributed by atoms with Gasteiger partial charge in [0.15, 0.2) is 0 Å². The zero-order valence-electron chi connectivity index (χ0n) is 11.4. The van der Waals surface area contributed by atoms with Gasteiger partial charge in [0.2, 0.25) is 0 Å². The van der Waals surface area contributed by atoms with Gasteiger partial charge >= 0.3 is 0 Å². The fourth-order valence-electron chi connectivity index (χ4n) is 1.61. The summed E-state index contributed by atoms with van der Waals surface area (Å²) in [6.07, 6.45) is 5.32. The quantitative estimate of drug-likeness (QED) is 0.606. The van der Waals surface area contributed by atoms with Crippen molar-refractivity contribution in [1.82, 2.24) is 16.0 Å². The molecular weight excluding hydrogens is 198 g/mol. The second kappa shape index (κ2) is 12.9. The summed E-state index contributed by atoms with van der Waals surface area (Å²) in [5.41, 5.74) is 0. The van der Waals surface area contributed by atoms with Crippen LogP contribution in [0.25, 0.3) is 0 Å².